The molecule has 0 radical (unpaired) electrons. The number of esters is 4. The number of cyclic esters (lactones) is 4. The van der Waals surface area contributed by atoms with Gasteiger partial charge in [0.15, 0.2) is 10.5 Å². The van der Waals surface area contributed by atoms with Gasteiger partial charge in [-0.25, -0.2) is 0 Å². The number of aliphatic hydroxyl groups is 12. The lowest BCUT2D eigenvalue weighted by Crippen LogP contribution is -2.40. The number of ether oxygens (including phenoxy) is 4. The minimum atomic E-state index is -5.52. The topological polar surface area (TPSA) is 457 Å². The predicted molar refractivity (Wildman–Crippen MR) is 239 cm³/mol. The van der Waals surface area contributed by atoms with Crippen LogP contribution in [-0.4, -0.2) is 219 Å². The molecule has 1 heterocycles. The SMILES string of the molecule is CC(O)CC(O)CC1CC(O)CC(O)CC(O)CC(CC(C)O)OC(=O)CC(S(=O)(=O)O)C(=O)OC(CC(C)O)CC(O)CC(O)CC(O)CC(CC(O)CC(C)O)OC(=O)C(S(=O)(=O)O)CC(=O)O1. The third-order valence-electron chi connectivity index (χ3n) is 10.9. The van der Waals surface area contributed by atoms with E-state index < -0.39 is 236 Å². The zero-order chi connectivity index (χ0) is 53.8. The van der Waals surface area contributed by atoms with Crippen LogP contribution in [0.15, 0.2) is 0 Å². The van der Waals surface area contributed by atoms with Crippen molar-refractivity contribution in [2.45, 2.75) is 239 Å². The highest BCUT2D eigenvalue weighted by Gasteiger charge is 2.41. The summed E-state index contributed by atoms with van der Waals surface area (Å²) in [6.07, 6.45) is -33.6. The van der Waals surface area contributed by atoms with Crippen LogP contribution >= 0.6 is 0 Å². The van der Waals surface area contributed by atoms with Gasteiger partial charge in [-0.2, -0.15) is 16.8 Å². The van der Waals surface area contributed by atoms with Gasteiger partial charge in [0.25, 0.3) is 20.2 Å². The maximum absolute atomic E-state index is 13.4. The molecule has 0 amide bonds. The molecule has 70 heavy (non-hydrogen) atoms. The van der Waals surface area contributed by atoms with E-state index in [-0.39, 0.29) is 19.3 Å². The molecule has 0 spiro atoms. The standard InChI is InChI=1S/C42H76O26S2/c1-21(43)5-25(47)13-35-17-31(53)11-27(49)9-29(51)15-33(7-23(3)45)65-39(55)19-37(69(59,60)61)41(57)67-34(8-24(4)46)16-30(52)10-28(50)12-32(54)18-36(14-26(48)6-22(2)44)68-42(58)38(70(62,63)64)20-40(56)66-35/h21-38,43-54H,5-20H2,1-4H3,(H,59,60,61)(H,62,63,64). The van der Waals surface area contributed by atoms with Gasteiger partial charge in [-0.3, -0.25) is 28.3 Å². The second-order valence-corrected chi connectivity index (χ2v) is 21.9. The summed E-state index contributed by atoms with van der Waals surface area (Å²) < 4.78 is 90.8. The molecule has 0 bridgehead atoms. The van der Waals surface area contributed by atoms with Crippen molar-refractivity contribution in [2.75, 3.05) is 0 Å². The third-order valence-corrected chi connectivity index (χ3v) is 13.1. The first-order valence-corrected chi connectivity index (χ1v) is 26.0. The molecule has 1 saturated heterocycles. The van der Waals surface area contributed by atoms with Gasteiger partial charge >= 0.3 is 23.9 Å². The van der Waals surface area contributed by atoms with Crippen LogP contribution in [0.4, 0.5) is 0 Å². The Bertz CT molecular complexity index is 1790. The molecular formula is C42H76O26S2. The van der Waals surface area contributed by atoms with E-state index in [2.05, 4.69) is 0 Å². The fourth-order valence-corrected chi connectivity index (χ4v) is 9.33. The fraction of sp³-hybridized carbons (Fsp3) is 0.905. The average molecular weight is 1060 g/mol. The van der Waals surface area contributed by atoms with Crippen molar-refractivity contribution in [3.05, 3.63) is 0 Å². The van der Waals surface area contributed by atoms with Crippen molar-refractivity contribution < 1.29 is 125 Å². The Labute approximate surface area is 407 Å². The number of hydrogen-bond acceptors (Lipinski definition) is 24. The van der Waals surface area contributed by atoms with E-state index in [1.165, 1.54) is 27.7 Å². The van der Waals surface area contributed by atoms with Crippen molar-refractivity contribution in [1.82, 2.24) is 0 Å². The summed E-state index contributed by atoms with van der Waals surface area (Å²) in [6.45, 7) is 5.12. The van der Waals surface area contributed by atoms with Crippen molar-refractivity contribution in [1.29, 1.82) is 0 Å². The highest BCUT2D eigenvalue weighted by Crippen LogP contribution is 2.25. The van der Waals surface area contributed by atoms with Gasteiger partial charge in [-0.1, -0.05) is 0 Å². The number of carbonyl (C=O) groups excluding carboxylic acids is 4. The molecule has 0 aromatic rings. The highest BCUT2D eigenvalue weighted by atomic mass is 32.2. The zero-order valence-corrected chi connectivity index (χ0v) is 41.3. The van der Waals surface area contributed by atoms with Crippen molar-refractivity contribution in [3.63, 3.8) is 0 Å². The summed E-state index contributed by atoms with van der Waals surface area (Å²) >= 11 is 0. The van der Waals surface area contributed by atoms with E-state index in [0.29, 0.717) is 0 Å². The lowest BCUT2D eigenvalue weighted by molar-refractivity contribution is -0.159. The lowest BCUT2D eigenvalue weighted by atomic mass is 9.95. The molecule has 26 nitrogen and oxygen atoms in total. The van der Waals surface area contributed by atoms with Crippen LogP contribution in [0, 0.1) is 0 Å². The van der Waals surface area contributed by atoms with Crippen LogP contribution in [0.25, 0.3) is 0 Å². The zero-order valence-electron chi connectivity index (χ0n) is 39.7. The summed E-state index contributed by atoms with van der Waals surface area (Å²) in [7, 11) is -11.0. The Balaban J connectivity index is 3.73. The smallest absolute Gasteiger partial charge is 0.327 e. The first-order chi connectivity index (χ1) is 32.1. The Kier molecular flexibility index (Phi) is 29.0. The van der Waals surface area contributed by atoms with Crippen molar-refractivity contribution >= 4 is 44.1 Å². The lowest BCUT2D eigenvalue weighted by Gasteiger charge is -2.28. The molecule has 412 valence electrons. The van der Waals surface area contributed by atoms with Gasteiger partial charge in [0.1, 0.15) is 24.4 Å². The number of carbonyl (C=O) groups is 4. The molecule has 0 aromatic carbocycles. The summed E-state index contributed by atoms with van der Waals surface area (Å²) in [5.74, 6) is -6.47. The van der Waals surface area contributed by atoms with Gasteiger partial charge in [0, 0.05) is 51.4 Å². The monoisotopic (exact) mass is 1060 g/mol. The number of aliphatic hydroxyl groups excluding tert-OH is 12. The molecule has 1 fully saturated rings. The second kappa shape index (κ2) is 31.1. The second-order valence-electron chi connectivity index (χ2n) is 18.7. The van der Waals surface area contributed by atoms with Gasteiger partial charge in [-0.05, 0) is 66.2 Å². The summed E-state index contributed by atoms with van der Waals surface area (Å²) in [5.41, 5.74) is 0. The van der Waals surface area contributed by atoms with E-state index in [9.17, 15) is 106 Å². The molecule has 1 rings (SSSR count). The quantitative estimate of drug-likeness (QED) is 0.0463. The van der Waals surface area contributed by atoms with E-state index >= 15 is 0 Å². The fourth-order valence-electron chi connectivity index (χ4n) is 8.04. The molecule has 0 saturated carbocycles. The molecule has 18 atom stereocenters. The van der Waals surface area contributed by atoms with Gasteiger partial charge in [0.05, 0.1) is 86.1 Å². The summed E-state index contributed by atoms with van der Waals surface area (Å²) in [5, 5.41) is 121. The van der Waals surface area contributed by atoms with Crippen LogP contribution < -0.4 is 0 Å². The van der Waals surface area contributed by atoms with Crippen LogP contribution in [0.3, 0.4) is 0 Å². The molecule has 0 aliphatic carbocycles. The summed E-state index contributed by atoms with van der Waals surface area (Å²) in [6, 6.07) is 0. The average Bonchev–Trinajstić information content (AvgIpc) is 3.12. The Morgan fingerprint density at radius 3 is 0.914 bits per heavy atom. The van der Waals surface area contributed by atoms with E-state index in [4.69, 9.17) is 18.9 Å². The van der Waals surface area contributed by atoms with Gasteiger partial charge < -0.3 is 80.2 Å². The molecule has 18 unspecified atom stereocenters. The minimum Gasteiger partial charge on any atom is -0.462 e. The highest BCUT2D eigenvalue weighted by molar-refractivity contribution is 7.87. The molecule has 1 aliphatic heterocycles. The Morgan fingerprint density at radius 2 is 0.657 bits per heavy atom. The molecule has 0 aromatic heterocycles. The maximum Gasteiger partial charge on any atom is 0.327 e. The first kappa shape index (κ1) is 65.2. The van der Waals surface area contributed by atoms with E-state index in [0.717, 1.165) is 0 Å². The maximum atomic E-state index is 13.4. The predicted octanol–water partition coefficient (Wildman–Crippen LogP) is -3.19. The van der Waals surface area contributed by atoms with Crippen LogP contribution in [0.1, 0.15) is 130 Å². The molecule has 14 N–H and O–H groups in total. The molecule has 1 aliphatic rings. The van der Waals surface area contributed by atoms with E-state index in [1.54, 1.807) is 0 Å². The number of rotatable bonds is 14. The minimum absolute atomic E-state index is 0.284. The normalized spacial score (nSPS) is 32.9. The third kappa shape index (κ3) is 28.5. The van der Waals surface area contributed by atoms with Gasteiger partial charge in [0.2, 0.25) is 0 Å². The van der Waals surface area contributed by atoms with Crippen molar-refractivity contribution in [3.8, 4) is 0 Å². The Hall–Kier alpha value is -2.78. The first-order valence-electron chi connectivity index (χ1n) is 23.0. The van der Waals surface area contributed by atoms with E-state index in [1.807, 2.05) is 0 Å². The van der Waals surface area contributed by atoms with Crippen LogP contribution in [0.2, 0.25) is 0 Å². The molecular weight excluding hydrogens is 985 g/mol. The molecule has 28 heteroatoms. The van der Waals surface area contributed by atoms with Crippen LogP contribution in [-0.2, 0) is 58.4 Å². The Morgan fingerprint density at radius 1 is 0.414 bits per heavy atom. The number of hydrogen-bond donors (Lipinski definition) is 14. The van der Waals surface area contributed by atoms with Crippen molar-refractivity contribution in [2.24, 2.45) is 0 Å². The van der Waals surface area contributed by atoms with Gasteiger partial charge in [-0.15, -0.1) is 0 Å². The summed E-state index contributed by atoms with van der Waals surface area (Å²) in [4.78, 5) is 53.0. The van der Waals surface area contributed by atoms with Crippen LogP contribution in [0.5, 0.6) is 0 Å². The largest absolute Gasteiger partial charge is 0.462 e.